The number of aliphatic hydroxyl groups excluding tert-OH is 1. The molecule has 0 spiro atoms. The van der Waals surface area contributed by atoms with E-state index in [0.717, 1.165) is 12.2 Å². The third kappa shape index (κ3) is 5.23. The summed E-state index contributed by atoms with van der Waals surface area (Å²) in [6.45, 7) is 2.81. The van der Waals surface area contributed by atoms with E-state index in [1.165, 1.54) is 51.6 Å². The lowest BCUT2D eigenvalue weighted by Crippen LogP contribution is -2.40. The number of hydrogen-bond acceptors (Lipinski definition) is 3. The van der Waals surface area contributed by atoms with E-state index >= 15 is 0 Å². The molecular formula is C12H25NOS. The molecule has 90 valence electrons. The third-order valence-corrected chi connectivity index (χ3v) is 3.63. The number of likely N-dealkylation sites (tertiary alicyclic amines) is 1. The highest BCUT2D eigenvalue weighted by molar-refractivity contribution is 7.80. The van der Waals surface area contributed by atoms with Crippen LogP contribution in [0.2, 0.25) is 0 Å². The van der Waals surface area contributed by atoms with Crippen LogP contribution in [0, 0.1) is 0 Å². The first-order valence-corrected chi connectivity index (χ1v) is 6.97. The first-order chi connectivity index (χ1) is 7.38. The lowest BCUT2D eigenvalue weighted by Gasteiger charge is -2.35. The van der Waals surface area contributed by atoms with Crippen LogP contribution in [-0.4, -0.2) is 41.5 Å². The van der Waals surface area contributed by atoms with Gasteiger partial charge in [-0.25, -0.2) is 0 Å². The normalized spacial score (nSPS) is 23.2. The maximum Gasteiger partial charge on any atom is 0.0445 e. The second-order valence-corrected chi connectivity index (χ2v) is 4.93. The van der Waals surface area contributed by atoms with Gasteiger partial charge in [0.05, 0.1) is 0 Å². The van der Waals surface area contributed by atoms with Gasteiger partial charge >= 0.3 is 0 Å². The average Bonchev–Trinajstić information content (AvgIpc) is 2.27. The van der Waals surface area contributed by atoms with E-state index in [-0.39, 0.29) is 0 Å². The Kier molecular flexibility index (Phi) is 7.49. The zero-order valence-corrected chi connectivity index (χ0v) is 10.6. The van der Waals surface area contributed by atoms with Crippen molar-refractivity contribution in [1.82, 2.24) is 4.90 Å². The summed E-state index contributed by atoms with van der Waals surface area (Å²) in [5.74, 6) is 1.01. The molecule has 0 aliphatic carbocycles. The molecule has 2 nitrogen and oxygen atoms in total. The number of rotatable bonds is 7. The second kappa shape index (κ2) is 8.43. The Labute approximate surface area is 99.5 Å². The van der Waals surface area contributed by atoms with Crippen molar-refractivity contribution in [2.75, 3.05) is 25.4 Å². The average molecular weight is 231 g/mol. The lowest BCUT2D eigenvalue weighted by molar-refractivity contribution is 0.117. The molecule has 1 unspecified atom stereocenters. The third-order valence-electron chi connectivity index (χ3n) is 3.31. The molecule has 0 aromatic rings. The molecule has 3 heteroatoms. The van der Waals surface area contributed by atoms with E-state index < -0.39 is 0 Å². The molecule has 1 heterocycles. The van der Waals surface area contributed by atoms with Crippen molar-refractivity contribution in [3.8, 4) is 0 Å². The van der Waals surface area contributed by atoms with Crippen molar-refractivity contribution in [2.45, 2.75) is 51.0 Å². The van der Waals surface area contributed by atoms with E-state index in [4.69, 9.17) is 5.11 Å². The van der Waals surface area contributed by atoms with Gasteiger partial charge < -0.3 is 10.0 Å². The van der Waals surface area contributed by atoms with Crippen molar-refractivity contribution in [2.24, 2.45) is 0 Å². The number of piperidine rings is 1. The number of hydrogen-bond donors (Lipinski definition) is 2. The van der Waals surface area contributed by atoms with Gasteiger partial charge in [0.25, 0.3) is 0 Å². The molecule has 1 N–H and O–H groups in total. The Morgan fingerprint density at radius 1 is 1.20 bits per heavy atom. The lowest BCUT2D eigenvalue weighted by atomic mass is 9.99. The van der Waals surface area contributed by atoms with Crippen LogP contribution in [0.3, 0.4) is 0 Å². The molecule has 0 aromatic carbocycles. The van der Waals surface area contributed by atoms with E-state index in [1.54, 1.807) is 0 Å². The zero-order valence-electron chi connectivity index (χ0n) is 9.70. The minimum atomic E-state index is 0.345. The summed E-state index contributed by atoms with van der Waals surface area (Å²) < 4.78 is 0. The fraction of sp³-hybridized carbons (Fsp3) is 1.00. The number of unbranched alkanes of at least 4 members (excludes halogenated alkanes) is 2. The van der Waals surface area contributed by atoms with Gasteiger partial charge in [-0.05, 0) is 50.9 Å². The van der Waals surface area contributed by atoms with Crippen LogP contribution in [0.1, 0.15) is 44.9 Å². The van der Waals surface area contributed by atoms with Gasteiger partial charge in [0.2, 0.25) is 0 Å². The van der Waals surface area contributed by atoms with Crippen LogP contribution in [0.25, 0.3) is 0 Å². The number of aliphatic hydroxyl groups is 1. The summed E-state index contributed by atoms with van der Waals surface area (Å²) in [6, 6.07) is 0.653. The van der Waals surface area contributed by atoms with Crippen LogP contribution in [0.5, 0.6) is 0 Å². The van der Waals surface area contributed by atoms with E-state index in [2.05, 4.69) is 17.5 Å². The highest BCUT2D eigenvalue weighted by Crippen LogP contribution is 2.19. The van der Waals surface area contributed by atoms with Crippen molar-refractivity contribution in [3.63, 3.8) is 0 Å². The topological polar surface area (TPSA) is 23.5 Å². The van der Waals surface area contributed by atoms with Gasteiger partial charge in [-0.1, -0.05) is 12.8 Å². The standard InChI is InChI=1S/C12H25NOS/c14-10-7-12-6-2-4-9-13(12)8-3-1-5-11-15/h12,14-15H,1-11H2. The second-order valence-electron chi connectivity index (χ2n) is 4.48. The Bertz CT molecular complexity index is 153. The van der Waals surface area contributed by atoms with Gasteiger partial charge in [-0.3, -0.25) is 0 Å². The van der Waals surface area contributed by atoms with Gasteiger partial charge in [-0.15, -0.1) is 0 Å². The molecule has 1 fully saturated rings. The largest absolute Gasteiger partial charge is 0.396 e. The van der Waals surface area contributed by atoms with Crippen molar-refractivity contribution >= 4 is 12.6 Å². The highest BCUT2D eigenvalue weighted by Gasteiger charge is 2.20. The fourth-order valence-corrected chi connectivity index (χ4v) is 2.66. The summed E-state index contributed by atoms with van der Waals surface area (Å²) >= 11 is 4.23. The molecule has 0 radical (unpaired) electrons. The molecule has 15 heavy (non-hydrogen) atoms. The minimum absolute atomic E-state index is 0.345. The van der Waals surface area contributed by atoms with Crippen molar-refractivity contribution < 1.29 is 5.11 Å². The molecule has 1 aliphatic heterocycles. The molecule has 1 saturated heterocycles. The zero-order chi connectivity index (χ0) is 10.9. The van der Waals surface area contributed by atoms with Crippen LogP contribution < -0.4 is 0 Å². The minimum Gasteiger partial charge on any atom is -0.396 e. The Morgan fingerprint density at radius 2 is 2.07 bits per heavy atom. The fourth-order valence-electron chi connectivity index (χ4n) is 2.43. The first kappa shape index (κ1) is 13.3. The predicted molar refractivity (Wildman–Crippen MR) is 68.6 cm³/mol. The summed E-state index contributed by atoms with van der Waals surface area (Å²) in [5, 5.41) is 9.01. The number of thiol groups is 1. The molecule has 0 saturated carbocycles. The predicted octanol–water partition coefficient (Wildman–Crippen LogP) is 2.32. The Hall–Kier alpha value is 0.270. The molecule has 1 rings (SSSR count). The first-order valence-electron chi connectivity index (χ1n) is 6.34. The highest BCUT2D eigenvalue weighted by atomic mass is 32.1. The SMILES string of the molecule is OCCC1CCCCN1CCCCCS. The van der Waals surface area contributed by atoms with E-state index in [1.807, 2.05) is 0 Å². The van der Waals surface area contributed by atoms with Crippen LogP contribution in [-0.2, 0) is 0 Å². The summed E-state index contributed by atoms with van der Waals surface area (Å²) in [5.41, 5.74) is 0. The maximum absolute atomic E-state index is 9.01. The molecule has 0 aromatic heterocycles. The van der Waals surface area contributed by atoms with Gasteiger partial charge in [-0.2, -0.15) is 12.6 Å². The molecule has 1 aliphatic rings. The smallest absolute Gasteiger partial charge is 0.0445 e. The Balaban J connectivity index is 2.17. The Morgan fingerprint density at radius 3 is 2.80 bits per heavy atom. The molecule has 0 amide bonds. The van der Waals surface area contributed by atoms with Gasteiger partial charge in [0, 0.05) is 12.6 Å². The van der Waals surface area contributed by atoms with Crippen molar-refractivity contribution in [1.29, 1.82) is 0 Å². The van der Waals surface area contributed by atoms with Crippen molar-refractivity contribution in [3.05, 3.63) is 0 Å². The number of nitrogens with zero attached hydrogens (tertiary/aromatic N) is 1. The maximum atomic E-state index is 9.01. The van der Waals surface area contributed by atoms with Gasteiger partial charge in [0.1, 0.15) is 0 Å². The van der Waals surface area contributed by atoms with E-state index in [0.29, 0.717) is 12.6 Å². The quantitative estimate of drug-likeness (QED) is 0.519. The summed E-state index contributed by atoms with van der Waals surface area (Å²) in [6.07, 6.45) is 8.77. The van der Waals surface area contributed by atoms with E-state index in [9.17, 15) is 0 Å². The van der Waals surface area contributed by atoms with Crippen LogP contribution in [0.4, 0.5) is 0 Å². The van der Waals surface area contributed by atoms with Crippen LogP contribution >= 0.6 is 12.6 Å². The summed E-state index contributed by atoms with van der Waals surface area (Å²) in [7, 11) is 0. The van der Waals surface area contributed by atoms with Crippen LogP contribution in [0.15, 0.2) is 0 Å². The monoisotopic (exact) mass is 231 g/mol. The molecule has 0 bridgehead atoms. The van der Waals surface area contributed by atoms with Gasteiger partial charge in [0.15, 0.2) is 0 Å². The molecule has 1 atom stereocenters. The summed E-state index contributed by atoms with van der Waals surface area (Å²) in [4.78, 5) is 2.58. The molecular weight excluding hydrogens is 206 g/mol.